The Balaban J connectivity index is 0.00000264. The molecule has 2 rings (SSSR count). The molecule has 9 heteroatoms. The van der Waals surface area contributed by atoms with Crippen LogP contribution in [0.5, 0.6) is 5.75 Å². The zero-order valence-electron chi connectivity index (χ0n) is 12.2. The van der Waals surface area contributed by atoms with Gasteiger partial charge < -0.3 is 19.9 Å². The monoisotopic (exact) mass is 387 g/mol. The standard InChI is InChI=1S/C14H15ClFNO5.Fe/c1-2-20-12(18)7-21-13(19)14(3-4-14)22-11-6-10(17)9(16)5-8(11)15;/h5-6H,2-4,7,17H2,1H3;. The summed E-state index contributed by atoms with van der Waals surface area (Å²) in [5.41, 5.74) is 4.09. The van der Waals surface area contributed by atoms with Crippen LogP contribution in [0, 0.1) is 5.82 Å². The molecule has 1 aliphatic rings. The number of rotatable bonds is 6. The fourth-order valence-electron chi connectivity index (χ4n) is 1.75. The van der Waals surface area contributed by atoms with E-state index < -0.39 is 30.0 Å². The van der Waals surface area contributed by atoms with Crippen molar-refractivity contribution >= 4 is 29.2 Å². The van der Waals surface area contributed by atoms with Gasteiger partial charge in [-0.05, 0) is 13.0 Å². The first-order valence-electron chi connectivity index (χ1n) is 6.64. The average molecular weight is 388 g/mol. The Morgan fingerprint density at radius 2 is 2.00 bits per heavy atom. The van der Waals surface area contributed by atoms with Crippen molar-refractivity contribution in [2.75, 3.05) is 18.9 Å². The van der Waals surface area contributed by atoms with Crippen LogP contribution < -0.4 is 10.5 Å². The summed E-state index contributed by atoms with van der Waals surface area (Å²) in [5, 5.41) is -0.00355. The molecule has 128 valence electrons. The molecular weight excluding hydrogens is 372 g/mol. The Bertz CT molecular complexity index is 609. The maximum Gasteiger partial charge on any atom is 0.351 e. The molecule has 0 unspecified atom stereocenters. The Morgan fingerprint density at radius 1 is 1.35 bits per heavy atom. The van der Waals surface area contributed by atoms with E-state index in [-0.39, 0.29) is 40.1 Å². The van der Waals surface area contributed by atoms with E-state index in [2.05, 4.69) is 4.74 Å². The summed E-state index contributed by atoms with van der Waals surface area (Å²) >= 11 is 5.86. The van der Waals surface area contributed by atoms with Crippen molar-refractivity contribution in [1.29, 1.82) is 0 Å². The van der Waals surface area contributed by atoms with Crippen molar-refractivity contribution in [3.05, 3.63) is 23.0 Å². The summed E-state index contributed by atoms with van der Waals surface area (Å²) in [6.07, 6.45) is 0.810. The molecule has 0 radical (unpaired) electrons. The Hall–Kier alpha value is -1.50. The normalized spacial score (nSPS) is 14.4. The van der Waals surface area contributed by atoms with Crippen LogP contribution in [0.4, 0.5) is 10.1 Å². The number of hydrogen-bond acceptors (Lipinski definition) is 6. The minimum Gasteiger partial charge on any atom is -0.474 e. The predicted octanol–water partition coefficient (Wildman–Crippen LogP) is 2.08. The number of nitrogen functional groups attached to an aromatic ring is 1. The first-order chi connectivity index (χ1) is 10.4. The molecule has 0 heterocycles. The van der Waals surface area contributed by atoms with Crippen molar-refractivity contribution in [2.24, 2.45) is 0 Å². The van der Waals surface area contributed by atoms with Gasteiger partial charge in [-0.15, -0.1) is 0 Å². The molecule has 1 aromatic rings. The number of ether oxygens (including phenoxy) is 3. The molecule has 23 heavy (non-hydrogen) atoms. The summed E-state index contributed by atoms with van der Waals surface area (Å²) in [4.78, 5) is 23.2. The van der Waals surface area contributed by atoms with E-state index in [0.717, 1.165) is 6.07 Å². The number of anilines is 1. The van der Waals surface area contributed by atoms with E-state index in [4.69, 9.17) is 26.8 Å². The van der Waals surface area contributed by atoms with Gasteiger partial charge in [-0.2, -0.15) is 0 Å². The van der Waals surface area contributed by atoms with E-state index in [0.29, 0.717) is 12.8 Å². The van der Waals surface area contributed by atoms with Crippen LogP contribution in [-0.2, 0) is 36.1 Å². The van der Waals surface area contributed by atoms with E-state index in [1.165, 1.54) is 6.07 Å². The summed E-state index contributed by atoms with van der Waals surface area (Å²) < 4.78 is 28.3. The van der Waals surface area contributed by atoms with Crippen LogP contribution in [0.25, 0.3) is 0 Å². The minimum absolute atomic E-state index is 0. The van der Waals surface area contributed by atoms with E-state index in [9.17, 15) is 14.0 Å². The number of halogens is 2. The van der Waals surface area contributed by atoms with E-state index in [1.54, 1.807) is 6.92 Å². The smallest absolute Gasteiger partial charge is 0.351 e. The second kappa shape index (κ2) is 7.86. The third-order valence-corrected chi connectivity index (χ3v) is 3.35. The van der Waals surface area contributed by atoms with Gasteiger partial charge in [0, 0.05) is 36.0 Å². The number of nitrogens with two attached hydrogens (primary N) is 1. The van der Waals surface area contributed by atoms with Gasteiger partial charge in [0.2, 0.25) is 5.60 Å². The Morgan fingerprint density at radius 3 is 2.57 bits per heavy atom. The van der Waals surface area contributed by atoms with Crippen LogP contribution in [0.15, 0.2) is 12.1 Å². The van der Waals surface area contributed by atoms with Crippen LogP contribution in [0.3, 0.4) is 0 Å². The topological polar surface area (TPSA) is 87.8 Å². The van der Waals surface area contributed by atoms with Crippen LogP contribution in [0.1, 0.15) is 19.8 Å². The number of benzene rings is 1. The van der Waals surface area contributed by atoms with Crippen molar-refractivity contribution < 1.29 is 45.3 Å². The van der Waals surface area contributed by atoms with Crippen LogP contribution in [0.2, 0.25) is 5.02 Å². The first kappa shape index (κ1) is 19.5. The van der Waals surface area contributed by atoms with E-state index in [1.807, 2.05) is 0 Å². The maximum atomic E-state index is 13.2. The van der Waals surface area contributed by atoms with Gasteiger partial charge in [-0.3, -0.25) is 0 Å². The molecule has 1 aliphatic carbocycles. The average Bonchev–Trinajstić information content (AvgIpc) is 3.23. The van der Waals surface area contributed by atoms with Gasteiger partial charge in [0.25, 0.3) is 0 Å². The predicted molar refractivity (Wildman–Crippen MR) is 76.0 cm³/mol. The molecule has 0 saturated heterocycles. The van der Waals surface area contributed by atoms with Crippen molar-refractivity contribution in [3.63, 3.8) is 0 Å². The molecule has 0 atom stereocenters. The summed E-state index contributed by atoms with van der Waals surface area (Å²) in [7, 11) is 0. The van der Waals surface area contributed by atoms with Gasteiger partial charge >= 0.3 is 11.9 Å². The van der Waals surface area contributed by atoms with Crippen LogP contribution in [-0.4, -0.2) is 30.8 Å². The van der Waals surface area contributed by atoms with Gasteiger partial charge in [0.05, 0.1) is 17.3 Å². The molecule has 0 aromatic heterocycles. The summed E-state index contributed by atoms with van der Waals surface area (Å²) in [5.74, 6) is -1.92. The Kier molecular flexibility index (Phi) is 6.68. The minimum atomic E-state index is -1.21. The summed E-state index contributed by atoms with van der Waals surface area (Å²) in [6, 6.07) is 2.21. The van der Waals surface area contributed by atoms with Gasteiger partial charge in [-0.1, -0.05) is 11.6 Å². The third kappa shape index (κ3) is 4.73. The SMILES string of the molecule is CCOC(=O)COC(=O)C1(Oc2cc(N)c(F)cc2Cl)CC1.[Fe]. The molecule has 2 N–H and O–H groups in total. The van der Waals surface area contributed by atoms with E-state index >= 15 is 0 Å². The molecule has 0 aliphatic heterocycles. The molecule has 1 aromatic carbocycles. The second-order valence-corrected chi connectivity index (χ2v) is 5.19. The van der Waals surface area contributed by atoms with Crippen molar-refractivity contribution in [2.45, 2.75) is 25.4 Å². The fraction of sp³-hybridized carbons (Fsp3) is 0.429. The van der Waals surface area contributed by atoms with Crippen molar-refractivity contribution in [1.82, 2.24) is 0 Å². The number of hydrogen-bond donors (Lipinski definition) is 1. The fourth-order valence-corrected chi connectivity index (χ4v) is 1.94. The quantitative estimate of drug-likeness (QED) is 0.457. The number of carbonyl (C=O) groups is 2. The molecular formula is C14H15ClFFeNO5. The number of esters is 2. The molecule has 1 saturated carbocycles. The van der Waals surface area contributed by atoms with Gasteiger partial charge in [0.15, 0.2) is 6.61 Å². The molecule has 0 bridgehead atoms. The molecule has 6 nitrogen and oxygen atoms in total. The molecule has 0 amide bonds. The van der Waals surface area contributed by atoms with Gasteiger partial charge in [0.1, 0.15) is 11.6 Å². The maximum absolute atomic E-state index is 13.2. The first-order valence-corrected chi connectivity index (χ1v) is 7.02. The van der Waals surface area contributed by atoms with Crippen LogP contribution >= 0.6 is 11.6 Å². The Labute approximate surface area is 147 Å². The second-order valence-electron chi connectivity index (χ2n) is 4.78. The number of carbonyl (C=O) groups excluding carboxylic acids is 2. The molecule has 1 fully saturated rings. The molecule has 0 spiro atoms. The largest absolute Gasteiger partial charge is 0.474 e. The van der Waals surface area contributed by atoms with Gasteiger partial charge in [-0.25, -0.2) is 14.0 Å². The summed E-state index contributed by atoms with van der Waals surface area (Å²) in [6.45, 7) is 1.35. The third-order valence-electron chi connectivity index (χ3n) is 3.06. The van der Waals surface area contributed by atoms with Crippen molar-refractivity contribution in [3.8, 4) is 5.75 Å². The zero-order valence-corrected chi connectivity index (χ0v) is 14.1. The zero-order chi connectivity index (χ0) is 16.3.